The Morgan fingerprint density at radius 3 is 2.72 bits per heavy atom. The van der Waals surface area contributed by atoms with E-state index in [1.807, 2.05) is 30.3 Å². The van der Waals surface area contributed by atoms with Crippen LogP contribution in [0.4, 0.5) is 0 Å². The highest BCUT2D eigenvalue weighted by Crippen LogP contribution is 2.19. The molecule has 0 unspecified atom stereocenters. The summed E-state index contributed by atoms with van der Waals surface area (Å²) in [5.41, 5.74) is 1.10. The lowest BCUT2D eigenvalue weighted by Gasteiger charge is -2.05. The molecule has 2 aromatic rings. The molecular formula is C13H11BrN2O2. The standard InChI is InChI=1S/C13H11BrN2O2/c1-2-18-13(17)11-10(14)8-15-12(16-11)9-6-4-3-5-7-9/h3-8H,2H2,1H3. The molecule has 0 fully saturated rings. The number of hydrogen-bond donors (Lipinski definition) is 0. The molecule has 0 N–H and O–H groups in total. The lowest BCUT2D eigenvalue weighted by Crippen LogP contribution is -2.09. The van der Waals surface area contributed by atoms with Gasteiger partial charge in [-0.05, 0) is 22.9 Å². The predicted octanol–water partition coefficient (Wildman–Crippen LogP) is 3.08. The minimum Gasteiger partial charge on any atom is -0.461 e. The summed E-state index contributed by atoms with van der Waals surface area (Å²) in [6.45, 7) is 2.07. The van der Waals surface area contributed by atoms with E-state index in [0.717, 1.165) is 5.56 Å². The van der Waals surface area contributed by atoms with Crippen LogP contribution in [0.5, 0.6) is 0 Å². The summed E-state index contributed by atoms with van der Waals surface area (Å²) in [4.78, 5) is 20.1. The van der Waals surface area contributed by atoms with Gasteiger partial charge in [0.05, 0.1) is 11.1 Å². The van der Waals surface area contributed by atoms with Crippen molar-refractivity contribution in [3.05, 3.63) is 46.7 Å². The van der Waals surface area contributed by atoms with Crippen LogP contribution in [0.2, 0.25) is 0 Å². The maximum atomic E-state index is 11.7. The van der Waals surface area contributed by atoms with E-state index in [4.69, 9.17) is 4.74 Å². The molecule has 18 heavy (non-hydrogen) atoms. The third-order valence-electron chi connectivity index (χ3n) is 2.24. The molecule has 5 heteroatoms. The van der Waals surface area contributed by atoms with Gasteiger partial charge in [0.2, 0.25) is 0 Å². The normalized spacial score (nSPS) is 10.1. The van der Waals surface area contributed by atoms with Crippen LogP contribution in [0.15, 0.2) is 41.0 Å². The van der Waals surface area contributed by atoms with Gasteiger partial charge in [0.1, 0.15) is 0 Å². The summed E-state index contributed by atoms with van der Waals surface area (Å²) in [5, 5.41) is 0. The minimum atomic E-state index is -0.455. The van der Waals surface area contributed by atoms with Crippen molar-refractivity contribution in [3.63, 3.8) is 0 Å². The molecule has 1 aromatic carbocycles. The van der Waals surface area contributed by atoms with E-state index in [0.29, 0.717) is 16.9 Å². The summed E-state index contributed by atoms with van der Waals surface area (Å²) < 4.78 is 5.47. The van der Waals surface area contributed by atoms with E-state index in [-0.39, 0.29) is 5.69 Å². The quantitative estimate of drug-likeness (QED) is 0.818. The van der Waals surface area contributed by atoms with Gasteiger partial charge in [-0.1, -0.05) is 30.3 Å². The van der Waals surface area contributed by atoms with Crippen molar-refractivity contribution < 1.29 is 9.53 Å². The molecule has 0 atom stereocenters. The highest BCUT2D eigenvalue weighted by molar-refractivity contribution is 9.10. The van der Waals surface area contributed by atoms with Crippen molar-refractivity contribution in [1.82, 2.24) is 9.97 Å². The second-order valence-corrected chi connectivity index (χ2v) is 4.33. The summed E-state index contributed by atoms with van der Waals surface area (Å²) in [6, 6.07) is 9.47. The number of halogens is 1. The second kappa shape index (κ2) is 5.73. The van der Waals surface area contributed by atoms with Crippen LogP contribution in [0, 0.1) is 0 Å². The van der Waals surface area contributed by atoms with Crippen LogP contribution in [0.3, 0.4) is 0 Å². The minimum absolute atomic E-state index is 0.241. The molecule has 0 amide bonds. The van der Waals surface area contributed by atoms with Crippen LogP contribution in [-0.4, -0.2) is 22.5 Å². The van der Waals surface area contributed by atoms with Crippen LogP contribution in [0.25, 0.3) is 11.4 Å². The summed E-state index contributed by atoms with van der Waals surface area (Å²) in [5.74, 6) is 0.0470. The molecule has 0 saturated carbocycles. The monoisotopic (exact) mass is 306 g/mol. The Hall–Kier alpha value is -1.75. The van der Waals surface area contributed by atoms with Crippen LogP contribution in [0.1, 0.15) is 17.4 Å². The lowest BCUT2D eigenvalue weighted by molar-refractivity contribution is 0.0518. The number of benzene rings is 1. The summed E-state index contributed by atoms with van der Waals surface area (Å²) >= 11 is 3.25. The maximum absolute atomic E-state index is 11.7. The zero-order valence-corrected chi connectivity index (χ0v) is 11.3. The Labute approximate surface area is 113 Å². The van der Waals surface area contributed by atoms with E-state index in [1.165, 1.54) is 0 Å². The molecule has 0 aliphatic carbocycles. The number of nitrogens with zero attached hydrogens (tertiary/aromatic N) is 2. The first kappa shape index (κ1) is 12.7. The zero-order valence-electron chi connectivity index (χ0n) is 9.76. The van der Waals surface area contributed by atoms with Gasteiger partial charge in [-0.25, -0.2) is 14.8 Å². The first-order chi connectivity index (χ1) is 8.72. The van der Waals surface area contributed by atoms with Gasteiger partial charge in [0.15, 0.2) is 11.5 Å². The number of hydrogen-bond acceptors (Lipinski definition) is 4. The smallest absolute Gasteiger partial charge is 0.358 e. The van der Waals surface area contributed by atoms with E-state index in [2.05, 4.69) is 25.9 Å². The van der Waals surface area contributed by atoms with Gasteiger partial charge in [0, 0.05) is 11.8 Å². The van der Waals surface area contributed by atoms with E-state index in [9.17, 15) is 4.79 Å². The van der Waals surface area contributed by atoms with Crippen molar-refractivity contribution in [1.29, 1.82) is 0 Å². The van der Waals surface area contributed by atoms with E-state index < -0.39 is 5.97 Å². The molecule has 4 nitrogen and oxygen atoms in total. The summed E-state index contributed by atoms with van der Waals surface area (Å²) in [7, 11) is 0. The molecule has 92 valence electrons. The van der Waals surface area contributed by atoms with Gasteiger partial charge < -0.3 is 4.74 Å². The fraction of sp³-hybridized carbons (Fsp3) is 0.154. The SMILES string of the molecule is CCOC(=O)c1nc(-c2ccccc2)ncc1Br. The van der Waals surface area contributed by atoms with Gasteiger partial charge in [-0.3, -0.25) is 0 Å². The average molecular weight is 307 g/mol. The van der Waals surface area contributed by atoms with Crippen molar-refractivity contribution in [3.8, 4) is 11.4 Å². The van der Waals surface area contributed by atoms with Crippen LogP contribution in [-0.2, 0) is 4.74 Å². The number of rotatable bonds is 3. The van der Waals surface area contributed by atoms with Crippen molar-refractivity contribution in [2.24, 2.45) is 0 Å². The Bertz CT molecular complexity index is 558. The van der Waals surface area contributed by atoms with Gasteiger partial charge in [0.25, 0.3) is 0 Å². The van der Waals surface area contributed by atoms with Gasteiger partial charge in [-0.2, -0.15) is 0 Å². The number of carbonyl (C=O) groups is 1. The molecule has 0 spiro atoms. The molecule has 1 aromatic heterocycles. The predicted molar refractivity (Wildman–Crippen MR) is 71.1 cm³/mol. The van der Waals surface area contributed by atoms with Crippen molar-refractivity contribution >= 4 is 21.9 Å². The van der Waals surface area contributed by atoms with Crippen molar-refractivity contribution in [2.45, 2.75) is 6.92 Å². The number of aromatic nitrogens is 2. The van der Waals surface area contributed by atoms with Crippen molar-refractivity contribution in [2.75, 3.05) is 6.61 Å². The van der Waals surface area contributed by atoms with Gasteiger partial charge >= 0.3 is 5.97 Å². The number of esters is 1. The molecule has 0 aliphatic heterocycles. The third-order valence-corrected chi connectivity index (χ3v) is 2.83. The van der Waals surface area contributed by atoms with Gasteiger partial charge in [-0.15, -0.1) is 0 Å². The van der Waals surface area contributed by atoms with E-state index >= 15 is 0 Å². The molecule has 0 aliphatic rings. The fourth-order valence-electron chi connectivity index (χ4n) is 1.44. The topological polar surface area (TPSA) is 52.1 Å². The zero-order chi connectivity index (χ0) is 13.0. The Balaban J connectivity index is 2.41. The molecule has 0 bridgehead atoms. The van der Waals surface area contributed by atoms with E-state index in [1.54, 1.807) is 13.1 Å². The first-order valence-electron chi connectivity index (χ1n) is 5.47. The molecule has 0 radical (unpaired) electrons. The highest BCUT2D eigenvalue weighted by atomic mass is 79.9. The van der Waals surface area contributed by atoms with Crippen LogP contribution >= 0.6 is 15.9 Å². The van der Waals surface area contributed by atoms with Crippen LogP contribution < -0.4 is 0 Å². The molecular weight excluding hydrogens is 296 g/mol. The molecule has 0 saturated heterocycles. The number of carbonyl (C=O) groups excluding carboxylic acids is 1. The second-order valence-electron chi connectivity index (χ2n) is 3.48. The average Bonchev–Trinajstić information content (AvgIpc) is 2.40. The largest absolute Gasteiger partial charge is 0.461 e. The number of ether oxygens (including phenoxy) is 1. The lowest BCUT2D eigenvalue weighted by atomic mass is 10.2. The fourth-order valence-corrected chi connectivity index (χ4v) is 1.79. The molecule has 1 heterocycles. The third kappa shape index (κ3) is 2.73. The highest BCUT2D eigenvalue weighted by Gasteiger charge is 2.15. The maximum Gasteiger partial charge on any atom is 0.358 e. The Kier molecular flexibility index (Phi) is 4.04. The Morgan fingerprint density at radius 2 is 2.06 bits per heavy atom. The molecule has 2 rings (SSSR count). The first-order valence-corrected chi connectivity index (χ1v) is 6.26. The Morgan fingerprint density at radius 1 is 1.33 bits per heavy atom. The summed E-state index contributed by atoms with van der Waals surface area (Å²) in [6.07, 6.45) is 1.56.